The van der Waals surface area contributed by atoms with Crippen LogP contribution >= 0.6 is 42.0 Å². The largest absolute Gasteiger partial charge is 1.00 e. The predicted octanol–water partition coefficient (Wildman–Crippen LogP) is 4.88. The van der Waals surface area contributed by atoms with Gasteiger partial charge in [0.1, 0.15) is 23.2 Å². The number of carbonyl (C=O) groups is 1. The molecule has 0 bridgehead atoms. The van der Waals surface area contributed by atoms with Crippen LogP contribution in [0.4, 0.5) is 0 Å². The van der Waals surface area contributed by atoms with E-state index in [-0.39, 0.29) is 23.0 Å². The summed E-state index contributed by atoms with van der Waals surface area (Å²) in [7, 11) is -2.23. The van der Waals surface area contributed by atoms with Crippen molar-refractivity contribution in [1.29, 1.82) is 0 Å². The van der Waals surface area contributed by atoms with Crippen LogP contribution in [0.25, 0.3) is 11.3 Å². The van der Waals surface area contributed by atoms with Crippen molar-refractivity contribution < 1.29 is 26.5 Å². The van der Waals surface area contributed by atoms with Crippen LogP contribution in [-0.4, -0.2) is 29.5 Å². The molecule has 210 valence electrons. The van der Waals surface area contributed by atoms with Gasteiger partial charge in [-0.25, -0.2) is 9.78 Å². The highest BCUT2D eigenvalue weighted by atomic mass is 79.9. The van der Waals surface area contributed by atoms with Gasteiger partial charge >= 0.3 is 5.97 Å². The lowest BCUT2D eigenvalue weighted by Crippen LogP contribution is -3.00. The Morgan fingerprint density at radius 3 is 1.85 bits per heavy atom. The molecule has 0 spiro atoms. The Morgan fingerprint density at radius 1 is 0.780 bits per heavy atom. The average molecular weight is 683 g/mol. The number of thiazole rings is 1. The van der Waals surface area contributed by atoms with Gasteiger partial charge in [0.25, 0.3) is 0 Å². The Labute approximate surface area is 266 Å². The van der Waals surface area contributed by atoms with Gasteiger partial charge in [0.2, 0.25) is 0 Å². The van der Waals surface area contributed by atoms with Crippen molar-refractivity contribution in [3.8, 4) is 11.3 Å². The number of unbranched alkanes of at least 4 members (excludes halogenated alkanes) is 1. The summed E-state index contributed by atoms with van der Waals surface area (Å²) in [6, 6.07) is 39.0. The van der Waals surface area contributed by atoms with E-state index in [4.69, 9.17) is 21.3 Å². The van der Waals surface area contributed by atoms with Crippen LogP contribution in [0.5, 0.6) is 0 Å². The van der Waals surface area contributed by atoms with Gasteiger partial charge in [0.15, 0.2) is 10.5 Å². The number of carbonyl (C=O) groups excluding carboxylic acids is 1. The number of aromatic nitrogens is 1. The Balaban J connectivity index is 0.00000387. The highest BCUT2D eigenvalue weighted by Gasteiger charge is 2.47. The molecule has 0 fully saturated rings. The highest BCUT2D eigenvalue weighted by molar-refractivity contribution is 8.01. The molecule has 5 aromatic rings. The zero-order valence-electron chi connectivity index (χ0n) is 22.4. The molecule has 1 heterocycles. The topological polar surface area (TPSA) is 39.2 Å². The second-order valence-electron chi connectivity index (χ2n) is 9.26. The van der Waals surface area contributed by atoms with Gasteiger partial charge in [-0.2, -0.15) is 0 Å². The number of hydrogen-bond acceptors (Lipinski definition) is 5. The molecule has 0 aliphatic rings. The van der Waals surface area contributed by atoms with E-state index >= 15 is 0 Å². The smallest absolute Gasteiger partial charge is 0.345 e. The van der Waals surface area contributed by atoms with E-state index in [1.807, 2.05) is 42.5 Å². The second-order valence-corrected chi connectivity index (χ2v) is 15.4. The molecule has 41 heavy (non-hydrogen) atoms. The van der Waals surface area contributed by atoms with Crippen molar-refractivity contribution in [2.24, 2.45) is 0 Å². The lowest BCUT2D eigenvalue weighted by atomic mass is 10.2. The third-order valence-corrected chi connectivity index (χ3v) is 13.2. The van der Waals surface area contributed by atoms with Crippen LogP contribution in [0, 0.1) is 0 Å². The van der Waals surface area contributed by atoms with Crippen LogP contribution in [-0.2, 0) is 9.53 Å². The summed E-state index contributed by atoms with van der Waals surface area (Å²) in [4.78, 5) is 18.1. The van der Waals surface area contributed by atoms with E-state index in [2.05, 4.69) is 78.2 Å². The van der Waals surface area contributed by atoms with Crippen LogP contribution in [0.2, 0.25) is 5.02 Å². The summed E-state index contributed by atoms with van der Waals surface area (Å²) < 4.78 is 6.89. The molecule has 0 saturated carbocycles. The molecule has 0 aliphatic heterocycles. The standard InChI is InChI=1S/C33H30ClNO2PS2.BrH/c34-27-20-18-26(19-21-27)31-25-40-33(35-31)39-23-11-10-22-37-32(36)24-38(28-12-4-1-5-13-28,29-14-6-2-7-15-29)30-16-8-3-9-17-30;/h1-9,12-21,25H,10-11,22-24H2;1H/q+1;/p-1. The van der Waals surface area contributed by atoms with Gasteiger partial charge in [0.05, 0.1) is 12.3 Å². The molecule has 0 unspecified atom stereocenters. The van der Waals surface area contributed by atoms with Crippen molar-refractivity contribution >= 4 is 63.8 Å². The Hall–Kier alpha value is -2.47. The zero-order valence-corrected chi connectivity index (χ0v) is 27.2. The minimum atomic E-state index is -2.23. The highest BCUT2D eigenvalue weighted by Crippen LogP contribution is 2.55. The van der Waals surface area contributed by atoms with E-state index < -0.39 is 7.26 Å². The number of hydrogen-bond donors (Lipinski definition) is 0. The molecule has 8 heteroatoms. The van der Waals surface area contributed by atoms with E-state index in [1.54, 1.807) is 23.1 Å². The minimum absolute atomic E-state index is 0. The second kappa shape index (κ2) is 15.7. The van der Waals surface area contributed by atoms with Crippen molar-refractivity contribution in [3.05, 3.63) is 126 Å². The molecular formula is C33H30BrClNO2PS2. The fourth-order valence-electron chi connectivity index (χ4n) is 4.63. The molecule has 0 N–H and O–H groups in total. The van der Waals surface area contributed by atoms with E-state index in [1.165, 1.54) is 15.9 Å². The molecule has 0 saturated heterocycles. The number of rotatable bonds is 12. The maximum Gasteiger partial charge on any atom is 0.345 e. The Morgan fingerprint density at radius 2 is 1.32 bits per heavy atom. The third kappa shape index (κ3) is 8.09. The first kappa shape index (κ1) is 31.5. The zero-order chi connectivity index (χ0) is 27.6. The number of ether oxygens (including phenoxy) is 1. The van der Waals surface area contributed by atoms with Crippen molar-refractivity contribution in [1.82, 2.24) is 4.98 Å². The van der Waals surface area contributed by atoms with Gasteiger partial charge in [-0.1, -0.05) is 90.1 Å². The van der Waals surface area contributed by atoms with Crippen LogP contribution in [0.15, 0.2) is 125 Å². The molecule has 5 rings (SSSR count). The summed E-state index contributed by atoms with van der Waals surface area (Å²) in [5.41, 5.74) is 2.04. The average Bonchev–Trinajstić information content (AvgIpc) is 3.48. The lowest BCUT2D eigenvalue weighted by molar-refractivity contribution is -0.140. The molecule has 0 atom stereocenters. The molecule has 1 aromatic heterocycles. The van der Waals surface area contributed by atoms with Gasteiger partial charge < -0.3 is 21.7 Å². The van der Waals surface area contributed by atoms with E-state index in [9.17, 15) is 4.79 Å². The number of esters is 1. The van der Waals surface area contributed by atoms with Crippen LogP contribution < -0.4 is 32.9 Å². The maximum absolute atomic E-state index is 13.4. The van der Waals surface area contributed by atoms with Gasteiger partial charge in [-0.05, 0) is 61.4 Å². The monoisotopic (exact) mass is 681 g/mol. The third-order valence-electron chi connectivity index (χ3n) is 6.61. The summed E-state index contributed by atoms with van der Waals surface area (Å²) >= 11 is 9.40. The molecule has 0 aliphatic carbocycles. The van der Waals surface area contributed by atoms with Crippen molar-refractivity contribution in [3.63, 3.8) is 0 Å². The van der Waals surface area contributed by atoms with E-state index in [0.29, 0.717) is 12.8 Å². The van der Waals surface area contributed by atoms with Gasteiger partial charge in [-0.3, -0.25) is 0 Å². The summed E-state index contributed by atoms with van der Waals surface area (Å²) in [5.74, 6) is 0.783. The van der Waals surface area contributed by atoms with Crippen LogP contribution in [0.1, 0.15) is 12.8 Å². The first-order valence-corrected chi connectivity index (χ1v) is 17.4. The fraction of sp³-hybridized carbons (Fsp3) is 0.152. The molecule has 0 radical (unpaired) electrons. The van der Waals surface area contributed by atoms with Gasteiger partial charge in [0, 0.05) is 21.7 Å². The summed E-state index contributed by atoms with van der Waals surface area (Å²) in [6.45, 7) is 0.422. The number of benzene rings is 4. The minimum Gasteiger partial charge on any atom is -1.00 e. The Kier molecular flexibility index (Phi) is 12.0. The summed E-state index contributed by atoms with van der Waals surface area (Å²) in [5, 5.41) is 6.35. The first-order valence-electron chi connectivity index (χ1n) is 13.2. The molecule has 4 aromatic carbocycles. The van der Waals surface area contributed by atoms with Gasteiger partial charge in [-0.15, -0.1) is 11.3 Å². The quantitative estimate of drug-likeness (QED) is 0.0815. The SMILES string of the molecule is O=C(C[P+](c1ccccc1)(c1ccccc1)c1ccccc1)OCCCCSc1nc(-c2ccc(Cl)cc2)cs1.[Br-]. The maximum atomic E-state index is 13.4. The molecule has 0 amide bonds. The van der Waals surface area contributed by atoms with Crippen LogP contribution in [0.3, 0.4) is 0 Å². The fourth-order valence-corrected chi connectivity index (χ4v) is 10.6. The first-order chi connectivity index (χ1) is 19.6. The molecular weight excluding hydrogens is 653 g/mol. The Bertz CT molecular complexity index is 1410. The van der Waals surface area contributed by atoms with Crippen molar-refractivity contribution in [2.75, 3.05) is 18.5 Å². The number of nitrogens with zero attached hydrogens (tertiary/aromatic N) is 1. The predicted molar refractivity (Wildman–Crippen MR) is 173 cm³/mol. The van der Waals surface area contributed by atoms with E-state index in [0.717, 1.165) is 39.2 Å². The number of thioether (sulfide) groups is 1. The summed E-state index contributed by atoms with van der Waals surface area (Å²) in [6.07, 6.45) is 2.11. The molecule has 3 nitrogen and oxygen atoms in total. The number of halogens is 2. The lowest BCUT2D eigenvalue weighted by Gasteiger charge is -2.26. The normalized spacial score (nSPS) is 11.0. The van der Waals surface area contributed by atoms with Crippen molar-refractivity contribution in [2.45, 2.75) is 17.2 Å².